The lowest BCUT2D eigenvalue weighted by atomic mass is 10.1. The smallest absolute Gasteiger partial charge is 0.145 e. The SMILES string of the molecule is CCCCc1ccc(Oc2ccc(C(N)CC)nc2)cc1. The second kappa shape index (κ2) is 7.79. The van der Waals surface area contributed by atoms with Crippen molar-refractivity contribution in [2.75, 3.05) is 0 Å². The molecular formula is C18H24N2O. The summed E-state index contributed by atoms with van der Waals surface area (Å²) in [4.78, 5) is 4.35. The number of unbranched alkanes of at least 4 members (excludes halogenated alkanes) is 1. The molecule has 0 bridgehead atoms. The highest BCUT2D eigenvalue weighted by atomic mass is 16.5. The van der Waals surface area contributed by atoms with Crippen LogP contribution in [-0.2, 0) is 6.42 Å². The molecule has 1 unspecified atom stereocenters. The Balaban J connectivity index is 1.97. The lowest BCUT2D eigenvalue weighted by Gasteiger charge is -2.10. The number of aryl methyl sites for hydroxylation is 1. The zero-order chi connectivity index (χ0) is 15.1. The maximum absolute atomic E-state index is 5.95. The number of aromatic nitrogens is 1. The highest BCUT2D eigenvalue weighted by Gasteiger charge is 2.05. The molecule has 0 aliphatic carbocycles. The average Bonchev–Trinajstić information content (AvgIpc) is 2.54. The van der Waals surface area contributed by atoms with Crippen molar-refractivity contribution < 1.29 is 4.74 Å². The third-order valence-electron chi connectivity index (χ3n) is 3.56. The Bertz CT molecular complexity index is 534. The first-order chi connectivity index (χ1) is 10.2. The van der Waals surface area contributed by atoms with Gasteiger partial charge in [0, 0.05) is 6.04 Å². The molecule has 0 aliphatic heterocycles. The van der Waals surface area contributed by atoms with Crippen LogP contribution in [0.2, 0.25) is 0 Å². The van der Waals surface area contributed by atoms with Gasteiger partial charge in [-0.15, -0.1) is 0 Å². The number of ether oxygens (including phenoxy) is 1. The van der Waals surface area contributed by atoms with E-state index in [1.54, 1.807) is 6.20 Å². The standard InChI is InChI=1S/C18H24N2O/c1-3-5-6-14-7-9-15(10-8-14)21-16-11-12-18(20-13-16)17(19)4-2/h7-13,17H,3-6,19H2,1-2H3. The number of benzene rings is 1. The van der Waals surface area contributed by atoms with Gasteiger partial charge in [-0.3, -0.25) is 4.98 Å². The monoisotopic (exact) mass is 284 g/mol. The van der Waals surface area contributed by atoms with Crippen molar-refractivity contribution >= 4 is 0 Å². The predicted molar refractivity (Wildman–Crippen MR) is 86.6 cm³/mol. The zero-order valence-corrected chi connectivity index (χ0v) is 12.9. The van der Waals surface area contributed by atoms with E-state index in [0.29, 0.717) is 0 Å². The minimum Gasteiger partial charge on any atom is -0.456 e. The normalized spacial score (nSPS) is 12.1. The molecule has 0 amide bonds. The molecule has 0 fully saturated rings. The van der Waals surface area contributed by atoms with Crippen LogP contribution in [0.4, 0.5) is 0 Å². The van der Waals surface area contributed by atoms with Crippen molar-refractivity contribution in [2.45, 2.75) is 45.6 Å². The Morgan fingerprint density at radius 3 is 2.33 bits per heavy atom. The number of hydrogen-bond donors (Lipinski definition) is 1. The van der Waals surface area contributed by atoms with Gasteiger partial charge in [0.1, 0.15) is 11.5 Å². The van der Waals surface area contributed by atoms with Gasteiger partial charge < -0.3 is 10.5 Å². The summed E-state index contributed by atoms with van der Waals surface area (Å²) in [5, 5.41) is 0. The molecule has 0 saturated carbocycles. The molecule has 2 aromatic rings. The summed E-state index contributed by atoms with van der Waals surface area (Å²) in [5.41, 5.74) is 8.21. The number of nitrogens with zero attached hydrogens (tertiary/aromatic N) is 1. The van der Waals surface area contributed by atoms with E-state index < -0.39 is 0 Å². The van der Waals surface area contributed by atoms with Gasteiger partial charge in [-0.05, 0) is 49.1 Å². The van der Waals surface area contributed by atoms with Crippen LogP contribution in [0.5, 0.6) is 11.5 Å². The first-order valence-corrected chi connectivity index (χ1v) is 7.71. The van der Waals surface area contributed by atoms with Crippen molar-refractivity contribution in [1.29, 1.82) is 0 Å². The van der Waals surface area contributed by atoms with E-state index in [-0.39, 0.29) is 6.04 Å². The third kappa shape index (κ3) is 4.57. The van der Waals surface area contributed by atoms with E-state index in [0.717, 1.165) is 30.0 Å². The molecule has 112 valence electrons. The lowest BCUT2D eigenvalue weighted by molar-refractivity contribution is 0.478. The molecule has 1 aromatic carbocycles. The van der Waals surface area contributed by atoms with Crippen LogP contribution in [0.1, 0.15) is 50.4 Å². The topological polar surface area (TPSA) is 48.1 Å². The van der Waals surface area contributed by atoms with Gasteiger partial charge in [0.25, 0.3) is 0 Å². The highest BCUT2D eigenvalue weighted by molar-refractivity contribution is 5.32. The first kappa shape index (κ1) is 15.5. The van der Waals surface area contributed by atoms with E-state index in [4.69, 9.17) is 10.5 Å². The van der Waals surface area contributed by atoms with Gasteiger partial charge in [0.2, 0.25) is 0 Å². The largest absolute Gasteiger partial charge is 0.456 e. The van der Waals surface area contributed by atoms with Crippen LogP contribution >= 0.6 is 0 Å². The molecule has 0 aliphatic rings. The molecule has 1 atom stereocenters. The van der Waals surface area contributed by atoms with Crippen molar-refractivity contribution in [3.8, 4) is 11.5 Å². The van der Waals surface area contributed by atoms with E-state index in [2.05, 4.69) is 31.0 Å². The highest BCUT2D eigenvalue weighted by Crippen LogP contribution is 2.22. The molecule has 21 heavy (non-hydrogen) atoms. The second-order valence-corrected chi connectivity index (χ2v) is 5.28. The minimum atomic E-state index is -0.00287. The Morgan fingerprint density at radius 2 is 1.76 bits per heavy atom. The molecule has 0 spiro atoms. The van der Waals surface area contributed by atoms with Crippen LogP contribution in [0.3, 0.4) is 0 Å². The van der Waals surface area contributed by atoms with Gasteiger partial charge in [-0.1, -0.05) is 32.4 Å². The average molecular weight is 284 g/mol. The Labute approximate surface area is 127 Å². The maximum Gasteiger partial charge on any atom is 0.145 e. The van der Waals surface area contributed by atoms with Crippen molar-refractivity contribution in [1.82, 2.24) is 4.98 Å². The maximum atomic E-state index is 5.95. The fourth-order valence-corrected chi connectivity index (χ4v) is 2.12. The van der Waals surface area contributed by atoms with E-state index in [1.165, 1.54) is 18.4 Å². The minimum absolute atomic E-state index is 0.00287. The van der Waals surface area contributed by atoms with Gasteiger partial charge in [-0.2, -0.15) is 0 Å². The summed E-state index contributed by atoms with van der Waals surface area (Å²) >= 11 is 0. The summed E-state index contributed by atoms with van der Waals surface area (Å²) in [6.07, 6.45) is 6.18. The molecule has 1 heterocycles. The Morgan fingerprint density at radius 1 is 1.05 bits per heavy atom. The fourth-order valence-electron chi connectivity index (χ4n) is 2.12. The van der Waals surface area contributed by atoms with Crippen LogP contribution < -0.4 is 10.5 Å². The van der Waals surface area contributed by atoms with E-state index in [9.17, 15) is 0 Å². The number of rotatable bonds is 7. The Kier molecular flexibility index (Phi) is 5.76. The third-order valence-corrected chi connectivity index (χ3v) is 3.56. The van der Waals surface area contributed by atoms with Crippen molar-refractivity contribution in [3.63, 3.8) is 0 Å². The number of hydrogen-bond acceptors (Lipinski definition) is 3. The van der Waals surface area contributed by atoms with Gasteiger partial charge in [0.05, 0.1) is 11.9 Å². The van der Waals surface area contributed by atoms with Gasteiger partial charge in [0.15, 0.2) is 0 Å². The molecule has 0 radical (unpaired) electrons. The predicted octanol–water partition coefficient (Wildman–Crippen LogP) is 4.63. The lowest BCUT2D eigenvalue weighted by Crippen LogP contribution is -2.10. The van der Waals surface area contributed by atoms with Crippen LogP contribution in [0, 0.1) is 0 Å². The Hall–Kier alpha value is -1.87. The molecule has 3 heteroatoms. The summed E-state index contributed by atoms with van der Waals surface area (Å²) in [7, 11) is 0. The summed E-state index contributed by atoms with van der Waals surface area (Å²) in [6, 6.07) is 12.1. The first-order valence-electron chi connectivity index (χ1n) is 7.71. The summed E-state index contributed by atoms with van der Waals surface area (Å²) < 4.78 is 5.80. The second-order valence-electron chi connectivity index (χ2n) is 5.28. The number of nitrogens with two attached hydrogens (primary N) is 1. The molecular weight excluding hydrogens is 260 g/mol. The summed E-state index contributed by atoms with van der Waals surface area (Å²) in [5.74, 6) is 1.58. The quantitative estimate of drug-likeness (QED) is 0.806. The molecule has 2 rings (SSSR count). The molecule has 2 N–H and O–H groups in total. The molecule has 0 saturated heterocycles. The van der Waals surface area contributed by atoms with Crippen LogP contribution in [0.15, 0.2) is 42.6 Å². The fraction of sp³-hybridized carbons (Fsp3) is 0.389. The van der Waals surface area contributed by atoms with Gasteiger partial charge >= 0.3 is 0 Å². The van der Waals surface area contributed by atoms with Crippen molar-refractivity contribution in [3.05, 3.63) is 53.9 Å². The zero-order valence-electron chi connectivity index (χ0n) is 12.9. The van der Waals surface area contributed by atoms with Gasteiger partial charge in [-0.25, -0.2) is 0 Å². The van der Waals surface area contributed by atoms with E-state index >= 15 is 0 Å². The van der Waals surface area contributed by atoms with E-state index in [1.807, 2.05) is 24.3 Å². The number of pyridine rings is 1. The van der Waals surface area contributed by atoms with Crippen LogP contribution in [-0.4, -0.2) is 4.98 Å². The molecule has 3 nitrogen and oxygen atoms in total. The summed E-state index contributed by atoms with van der Waals surface area (Å²) in [6.45, 7) is 4.26. The van der Waals surface area contributed by atoms with Crippen molar-refractivity contribution in [2.24, 2.45) is 5.73 Å². The van der Waals surface area contributed by atoms with Crippen LogP contribution in [0.25, 0.3) is 0 Å². The molecule has 1 aromatic heterocycles.